The third-order valence-corrected chi connectivity index (χ3v) is 4.21. The first kappa shape index (κ1) is 12.3. The van der Waals surface area contributed by atoms with Crippen LogP contribution in [0.5, 0.6) is 0 Å². The lowest BCUT2D eigenvalue weighted by Crippen LogP contribution is -2.47. The molecule has 2 saturated heterocycles. The van der Waals surface area contributed by atoms with E-state index in [0.29, 0.717) is 0 Å². The molecular weight excluding hydrogens is 198 g/mol. The first-order valence-electron chi connectivity index (χ1n) is 6.95. The first-order chi connectivity index (χ1) is 7.79. The molecule has 1 N–H and O–H groups in total. The molecule has 2 aliphatic heterocycles. The number of rotatable bonds is 2. The van der Waals surface area contributed by atoms with E-state index in [-0.39, 0.29) is 0 Å². The van der Waals surface area contributed by atoms with Gasteiger partial charge in [0.25, 0.3) is 0 Å². The topological polar surface area (TPSA) is 18.5 Å². The molecule has 0 aliphatic carbocycles. The Balaban J connectivity index is 1.86. The molecule has 0 aromatic rings. The van der Waals surface area contributed by atoms with Crippen LogP contribution in [0.4, 0.5) is 0 Å². The summed E-state index contributed by atoms with van der Waals surface area (Å²) in [5.74, 6) is 0. The van der Waals surface area contributed by atoms with Crippen molar-refractivity contribution in [2.75, 3.05) is 39.8 Å². The van der Waals surface area contributed by atoms with E-state index in [0.717, 1.165) is 12.1 Å². The van der Waals surface area contributed by atoms with E-state index in [1.807, 2.05) is 0 Å². The van der Waals surface area contributed by atoms with Gasteiger partial charge in [-0.15, -0.1) is 0 Å². The van der Waals surface area contributed by atoms with Crippen molar-refractivity contribution >= 4 is 0 Å². The Morgan fingerprint density at radius 3 is 2.62 bits per heavy atom. The highest BCUT2D eigenvalue weighted by Gasteiger charge is 2.25. The van der Waals surface area contributed by atoms with Crippen LogP contribution in [0.25, 0.3) is 0 Å². The Morgan fingerprint density at radius 2 is 1.94 bits per heavy atom. The normalized spacial score (nSPS) is 31.5. The molecule has 2 rings (SSSR count). The first-order valence-corrected chi connectivity index (χ1v) is 6.95. The van der Waals surface area contributed by atoms with Crippen molar-refractivity contribution in [3.05, 3.63) is 0 Å². The number of likely N-dealkylation sites (tertiary alicyclic amines) is 1. The number of piperidine rings is 1. The lowest BCUT2D eigenvalue weighted by atomic mass is 10.0. The Morgan fingerprint density at radius 1 is 1.19 bits per heavy atom. The van der Waals surface area contributed by atoms with Crippen molar-refractivity contribution in [1.29, 1.82) is 0 Å². The van der Waals surface area contributed by atoms with E-state index >= 15 is 0 Å². The number of nitrogens with zero attached hydrogens (tertiary/aromatic N) is 2. The monoisotopic (exact) mass is 225 g/mol. The van der Waals surface area contributed by atoms with E-state index in [4.69, 9.17) is 0 Å². The van der Waals surface area contributed by atoms with Crippen molar-refractivity contribution in [1.82, 2.24) is 15.1 Å². The Bertz CT molecular complexity index is 199. The van der Waals surface area contributed by atoms with Gasteiger partial charge in [-0.1, -0.05) is 6.92 Å². The maximum atomic E-state index is 3.66. The summed E-state index contributed by atoms with van der Waals surface area (Å²) in [6.07, 6.45) is 5.33. The molecule has 3 nitrogen and oxygen atoms in total. The van der Waals surface area contributed by atoms with Crippen molar-refractivity contribution in [3.63, 3.8) is 0 Å². The number of hydrogen-bond donors (Lipinski definition) is 1. The highest BCUT2D eigenvalue weighted by Crippen LogP contribution is 2.17. The summed E-state index contributed by atoms with van der Waals surface area (Å²) in [5.41, 5.74) is 0. The van der Waals surface area contributed by atoms with Crippen LogP contribution in [-0.2, 0) is 0 Å². The van der Waals surface area contributed by atoms with Gasteiger partial charge in [-0.2, -0.15) is 0 Å². The minimum atomic E-state index is 0.724. The maximum Gasteiger partial charge on any atom is 0.0192 e. The zero-order chi connectivity index (χ0) is 11.4. The van der Waals surface area contributed by atoms with Crippen LogP contribution in [0.2, 0.25) is 0 Å². The summed E-state index contributed by atoms with van der Waals surface area (Å²) in [6.45, 7) is 8.65. The molecule has 0 radical (unpaired) electrons. The minimum Gasteiger partial charge on any atom is -0.313 e. The fourth-order valence-electron chi connectivity index (χ4n) is 2.99. The standard InChI is InChI=1S/C13H27N3/c1-3-12-11-16(8-4-7-14-12)13-5-9-15(2)10-6-13/h12-14H,3-11H2,1-2H3. The van der Waals surface area contributed by atoms with E-state index in [1.165, 1.54) is 58.4 Å². The van der Waals surface area contributed by atoms with Gasteiger partial charge >= 0.3 is 0 Å². The molecule has 16 heavy (non-hydrogen) atoms. The highest BCUT2D eigenvalue weighted by atomic mass is 15.2. The summed E-state index contributed by atoms with van der Waals surface area (Å²) in [4.78, 5) is 5.21. The molecule has 0 aromatic carbocycles. The largest absolute Gasteiger partial charge is 0.313 e. The molecule has 2 heterocycles. The Labute approximate surface area is 100 Å². The molecule has 0 spiro atoms. The molecular formula is C13H27N3. The number of nitrogens with one attached hydrogen (secondary N) is 1. The molecule has 0 saturated carbocycles. The zero-order valence-corrected chi connectivity index (χ0v) is 10.9. The van der Waals surface area contributed by atoms with Gasteiger partial charge in [0, 0.05) is 18.6 Å². The lowest BCUT2D eigenvalue weighted by molar-refractivity contribution is 0.118. The molecule has 0 bridgehead atoms. The van der Waals surface area contributed by atoms with E-state index in [2.05, 4.69) is 29.1 Å². The van der Waals surface area contributed by atoms with Crippen LogP contribution < -0.4 is 5.32 Å². The molecule has 94 valence electrons. The minimum absolute atomic E-state index is 0.724. The van der Waals surface area contributed by atoms with Gasteiger partial charge in [-0.25, -0.2) is 0 Å². The van der Waals surface area contributed by atoms with E-state index < -0.39 is 0 Å². The predicted molar refractivity (Wildman–Crippen MR) is 68.8 cm³/mol. The van der Waals surface area contributed by atoms with Crippen LogP contribution >= 0.6 is 0 Å². The van der Waals surface area contributed by atoms with E-state index in [9.17, 15) is 0 Å². The van der Waals surface area contributed by atoms with Gasteiger partial charge < -0.3 is 10.2 Å². The van der Waals surface area contributed by atoms with Gasteiger partial charge in [-0.05, 0) is 58.9 Å². The molecule has 1 unspecified atom stereocenters. The van der Waals surface area contributed by atoms with Crippen molar-refractivity contribution in [2.24, 2.45) is 0 Å². The Kier molecular flexibility index (Phi) is 4.62. The van der Waals surface area contributed by atoms with Crippen LogP contribution in [-0.4, -0.2) is 61.7 Å². The smallest absolute Gasteiger partial charge is 0.0192 e. The predicted octanol–water partition coefficient (Wildman–Crippen LogP) is 1.15. The number of hydrogen-bond acceptors (Lipinski definition) is 3. The van der Waals surface area contributed by atoms with Gasteiger partial charge in [0.2, 0.25) is 0 Å². The summed E-state index contributed by atoms with van der Waals surface area (Å²) in [5, 5.41) is 3.66. The molecule has 2 aliphatic rings. The third-order valence-electron chi connectivity index (χ3n) is 4.21. The summed E-state index contributed by atoms with van der Waals surface area (Å²) in [7, 11) is 2.25. The second-order valence-electron chi connectivity index (χ2n) is 5.44. The van der Waals surface area contributed by atoms with Crippen LogP contribution in [0, 0.1) is 0 Å². The van der Waals surface area contributed by atoms with Crippen molar-refractivity contribution in [3.8, 4) is 0 Å². The maximum absolute atomic E-state index is 3.66. The summed E-state index contributed by atoms with van der Waals surface area (Å²) < 4.78 is 0. The van der Waals surface area contributed by atoms with Gasteiger partial charge in [0.15, 0.2) is 0 Å². The molecule has 1 atom stereocenters. The van der Waals surface area contributed by atoms with Gasteiger partial charge in [-0.3, -0.25) is 4.90 Å². The fourth-order valence-corrected chi connectivity index (χ4v) is 2.99. The van der Waals surface area contributed by atoms with Crippen LogP contribution in [0.3, 0.4) is 0 Å². The Hall–Kier alpha value is -0.120. The second-order valence-corrected chi connectivity index (χ2v) is 5.44. The van der Waals surface area contributed by atoms with Gasteiger partial charge in [0.05, 0.1) is 0 Å². The molecule has 0 aromatic heterocycles. The van der Waals surface area contributed by atoms with Crippen molar-refractivity contribution < 1.29 is 0 Å². The quantitative estimate of drug-likeness (QED) is 0.761. The summed E-state index contributed by atoms with van der Waals surface area (Å²) in [6, 6.07) is 1.58. The van der Waals surface area contributed by atoms with Crippen LogP contribution in [0.15, 0.2) is 0 Å². The van der Waals surface area contributed by atoms with Gasteiger partial charge in [0.1, 0.15) is 0 Å². The molecule has 0 amide bonds. The summed E-state index contributed by atoms with van der Waals surface area (Å²) >= 11 is 0. The average Bonchev–Trinajstić information content (AvgIpc) is 2.55. The SMILES string of the molecule is CCC1CN(C2CCN(C)CC2)CCCN1. The average molecular weight is 225 g/mol. The zero-order valence-electron chi connectivity index (χ0n) is 10.9. The molecule has 3 heteroatoms. The second kappa shape index (κ2) is 5.99. The van der Waals surface area contributed by atoms with E-state index in [1.54, 1.807) is 0 Å². The fraction of sp³-hybridized carbons (Fsp3) is 1.00. The third kappa shape index (κ3) is 3.19. The van der Waals surface area contributed by atoms with Crippen LogP contribution in [0.1, 0.15) is 32.6 Å². The molecule has 2 fully saturated rings. The lowest BCUT2D eigenvalue weighted by Gasteiger charge is -2.37. The highest BCUT2D eigenvalue weighted by molar-refractivity contribution is 4.83. The van der Waals surface area contributed by atoms with Crippen molar-refractivity contribution in [2.45, 2.75) is 44.7 Å².